The van der Waals surface area contributed by atoms with Gasteiger partial charge in [-0.1, -0.05) is 12.1 Å². The SMILES string of the molecule is c1cc2c(c(NCc3nccs3)c1)CCCC2. The molecular formula is C14H16N2S. The van der Waals surface area contributed by atoms with Gasteiger partial charge in [0.25, 0.3) is 0 Å². The number of anilines is 1. The van der Waals surface area contributed by atoms with Crippen molar-refractivity contribution in [1.29, 1.82) is 0 Å². The zero-order valence-corrected chi connectivity index (χ0v) is 10.6. The predicted octanol–water partition coefficient (Wildman–Crippen LogP) is 3.63. The molecule has 0 aliphatic heterocycles. The highest BCUT2D eigenvalue weighted by Gasteiger charge is 2.12. The van der Waals surface area contributed by atoms with Crippen LogP contribution in [0.2, 0.25) is 0 Å². The summed E-state index contributed by atoms with van der Waals surface area (Å²) < 4.78 is 0. The number of aromatic nitrogens is 1. The van der Waals surface area contributed by atoms with E-state index in [-0.39, 0.29) is 0 Å². The van der Waals surface area contributed by atoms with Gasteiger partial charge in [-0.2, -0.15) is 0 Å². The first-order chi connectivity index (χ1) is 8.43. The van der Waals surface area contributed by atoms with E-state index in [4.69, 9.17) is 0 Å². The molecule has 1 N–H and O–H groups in total. The summed E-state index contributed by atoms with van der Waals surface area (Å²) in [4.78, 5) is 4.30. The topological polar surface area (TPSA) is 24.9 Å². The van der Waals surface area contributed by atoms with Crippen molar-refractivity contribution in [3.8, 4) is 0 Å². The van der Waals surface area contributed by atoms with Crippen LogP contribution in [0.1, 0.15) is 29.0 Å². The molecule has 3 rings (SSSR count). The van der Waals surface area contributed by atoms with Crippen LogP contribution in [-0.2, 0) is 19.4 Å². The van der Waals surface area contributed by atoms with Crippen LogP contribution in [0.4, 0.5) is 5.69 Å². The van der Waals surface area contributed by atoms with Crippen LogP contribution in [0, 0.1) is 0 Å². The fourth-order valence-electron chi connectivity index (χ4n) is 2.46. The van der Waals surface area contributed by atoms with Crippen molar-refractivity contribution in [3.63, 3.8) is 0 Å². The molecule has 0 amide bonds. The molecule has 0 bridgehead atoms. The molecular weight excluding hydrogens is 228 g/mol. The standard InChI is InChI=1S/C14H16N2S/c1-2-6-12-11(4-1)5-3-7-13(12)16-10-14-15-8-9-17-14/h3,5,7-9,16H,1-2,4,6,10H2. The van der Waals surface area contributed by atoms with Crippen molar-refractivity contribution < 1.29 is 0 Å². The average molecular weight is 244 g/mol. The minimum absolute atomic E-state index is 0.841. The van der Waals surface area contributed by atoms with E-state index in [1.807, 2.05) is 11.6 Å². The van der Waals surface area contributed by atoms with Gasteiger partial charge in [0.1, 0.15) is 5.01 Å². The molecule has 0 saturated carbocycles. The van der Waals surface area contributed by atoms with Gasteiger partial charge in [-0.15, -0.1) is 11.3 Å². The lowest BCUT2D eigenvalue weighted by molar-refractivity contribution is 0.686. The summed E-state index contributed by atoms with van der Waals surface area (Å²) >= 11 is 1.71. The Morgan fingerprint density at radius 2 is 2.18 bits per heavy atom. The number of hydrogen-bond donors (Lipinski definition) is 1. The Bertz CT molecular complexity index is 491. The maximum absolute atomic E-state index is 4.30. The van der Waals surface area contributed by atoms with E-state index < -0.39 is 0 Å². The molecule has 1 aliphatic rings. The molecule has 0 radical (unpaired) electrons. The number of benzene rings is 1. The Morgan fingerprint density at radius 1 is 1.24 bits per heavy atom. The Kier molecular flexibility index (Phi) is 3.10. The molecule has 17 heavy (non-hydrogen) atoms. The van der Waals surface area contributed by atoms with E-state index >= 15 is 0 Å². The van der Waals surface area contributed by atoms with Crippen LogP contribution in [-0.4, -0.2) is 4.98 Å². The third-order valence-electron chi connectivity index (χ3n) is 3.31. The molecule has 0 spiro atoms. The van der Waals surface area contributed by atoms with Gasteiger partial charge in [-0.25, -0.2) is 4.98 Å². The Hall–Kier alpha value is -1.35. The molecule has 0 unspecified atom stereocenters. The lowest BCUT2D eigenvalue weighted by Gasteiger charge is -2.19. The number of hydrogen-bond acceptors (Lipinski definition) is 3. The first-order valence-electron chi connectivity index (χ1n) is 6.16. The van der Waals surface area contributed by atoms with E-state index in [1.54, 1.807) is 11.3 Å². The Morgan fingerprint density at radius 3 is 3.06 bits per heavy atom. The second-order valence-corrected chi connectivity index (χ2v) is 5.41. The third kappa shape index (κ3) is 2.34. The minimum atomic E-state index is 0.841. The largest absolute Gasteiger partial charge is 0.378 e. The average Bonchev–Trinajstić information content (AvgIpc) is 2.89. The smallest absolute Gasteiger partial charge is 0.112 e. The molecule has 3 heteroatoms. The summed E-state index contributed by atoms with van der Waals surface area (Å²) in [5, 5.41) is 6.70. The van der Waals surface area contributed by atoms with E-state index in [1.165, 1.54) is 42.5 Å². The number of rotatable bonds is 3. The summed E-state index contributed by atoms with van der Waals surface area (Å²) in [6.45, 7) is 0.841. The van der Waals surface area contributed by atoms with Crippen molar-refractivity contribution in [2.45, 2.75) is 32.2 Å². The van der Waals surface area contributed by atoms with Gasteiger partial charge in [-0.05, 0) is 42.9 Å². The van der Waals surface area contributed by atoms with Gasteiger partial charge >= 0.3 is 0 Å². The molecule has 1 heterocycles. The highest BCUT2D eigenvalue weighted by molar-refractivity contribution is 7.09. The molecule has 0 saturated heterocycles. The summed E-state index contributed by atoms with van der Waals surface area (Å²) in [5.74, 6) is 0. The lowest BCUT2D eigenvalue weighted by atomic mass is 9.90. The van der Waals surface area contributed by atoms with E-state index in [2.05, 4.69) is 28.5 Å². The highest BCUT2D eigenvalue weighted by Crippen LogP contribution is 2.28. The van der Waals surface area contributed by atoms with Gasteiger partial charge in [-0.3, -0.25) is 0 Å². The Balaban J connectivity index is 1.78. The van der Waals surface area contributed by atoms with Gasteiger partial charge in [0.15, 0.2) is 0 Å². The minimum Gasteiger partial charge on any atom is -0.378 e. The Labute approximate surface area is 106 Å². The number of nitrogens with zero attached hydrogens (tertiary/aromatic N) is 1. The van der Waals surface area contributed by atoms with Gasteiger partial charge in [0.05, 0.1) is 6.54 Å². The van der Waals surface area contributed by atoms with Crippen LogP contribution < -0.4 is 5.32 Å². The monoisotopic (exact) mass is 244 g/mol. The van der Waals surface area contributed by atoms with Crippen LogP contribution in [0.5, 0.6) is 0 Å². The zero-order chi connectivity index (χ0) is 11.5. The lowest BCUT2D eigenvalue weighted by Crippen LogP contribution is -2.08. The number of aryl methyl sites for hydroxylation is 1. The molecule has 88 valence electrons. The first-order valence-corrected chi connectivity index (χ1v) is 7.04. The molecule has 1 aliphatic carbocycles. The van der Waals surface area contributed by atoms with E-state index in [0.717, 1.165) is 11.6 Å². The van der Waals surface area contributed by atoms with Gasteiger partial charge < -0.3 is 5.32 Å². The third-order valence-corrected chi connectivity index (χ3v) is 4.09. The summed E-state index contributed by atoms with van der Waals surface area (Å²) in [6, 6.07) is 6.62. The van der Waals surface area contributed by atoms with Crippen molar-refractivity contribution in [2.24, 2.45) is 0 Å². The maximum Gasteiger partial charge on any atom is 0.112 e. The van der Waals surface area contributed by atoms with E-state index in [9.17, 15) is 0 Å². The molecule has 1 aromatic heterocycles. The maximum atomic E-state index is 4.30. The summed E-state index contributed by atoms with van der Waals surface area (Å²) in [5.41, 5.74) is 4.35. The number of nitrogens with one attached hydrogen (secondary N) is 1. The molecule has 0 fully saturated rings. The fourth-order valence-corrected chi connectivity index (χ4v) is 3.01. The summed E-state index contributed by atoms with van der Waals surface area (Å²) in [6.07, 6.45) is 6.98. The van der Waals surface area contributed by atoms with Crippen LogP contribution in [0.15, 0.2) is 29.8 Å². The molecule has 1 aromatic carbocycles. The predicted molar refractivity (Wildman–Crippen MR) is 72.5 cm³/mol. The molecule has 2 aromatic rings. The van der Waals surface area contributed by atoms with Crippen LogP contribution in [0.25, 0.3) is 0 Å². The van der Waals surface area contributed by atoms with Crippen molar-refractivity contribution in [1.82, 2.24) is 4.98 Å². The van der Waals surface area contributed by atoms with Crippen LogP contribution >= 0.6 is 11.3 Å². The van der Waals surface area contributed by atoms with E-state index in [0.29, 0.717) is 0 Å². The second kappa shape index (κ2) is 4.88. The fraction of sp³-hybridized carbons (Fsp3) is 0.357. The quantitative estimate of drug-likeness (QED) is 0.891. The van der Waals surface area contributed by atoms with Gasteiger partial charge in [0.2, 0.25) is 0 Å². The first kappa shape index (κ1) is 10.8. The van der Waals surface area contributed by atoms with Crippen molar-refractivity contribution in [3.05, 3.63) is 45.9 Å². The molecule has 2 nitrogen and oxygen atoms in total. The summed E-state index contributed by atoms with van der Waals surface area (Å²) in [7, 11) is 0. The number of thiazole rings is 1. The normalized spacial score (nSPS) is 14.4. The van der Waals surface area contributed by atoms with Crippen molar-refractivity contribution >= 4 is 17.0 Å². The van der Waals surface area contributed by atoms with Gasteiger partial charge in [0, 0.05) is 17.3 Å². The van der Waals surface area contributed by atoms with Crippen molar-refractivity contribution in [2.75, 3.05) is 5.32 Å². The second-order valence-electron chi connectivity index (χ2n) is 4.43. The van der Waals surface area contributed by atoms with Crippen LogP contribution in [0.3, 0.4) is 0 Å². The zero-order valence-electron chi connectivity index (χ0n) is 9.78. The molecule has 0 atom stereocenters. The number of fused-ring (bicyclic) bond motifs is 1. The highest BCUT2D eigenvalue weighted by atomic mass is 32.1.